The topological polar surface area (TPSA) is 79.2 Å². The minimum atomic E-state index is -1.25. The SMILES string of the molecule is COc1cccc(O)c1C(C)c1cc(O)c(C(C)(C)O)c(OC)c1. The van der Waals surface area contributed by atoms with Crippen LogP contribution in [0, 0.1) is 0 Å². The normalized spacial score (nSPS) is 12.8. The van der Waals surface area contributed by atoms with Crippen LogP contribution in [0.25, 0.3) is 0 Å². The summed E-state index contributed by atoms with van der Waals surface area (Å²) in [4.78, 5) is 0. The number of ether oxygens (including phenoxy) is 2. The van der Waals surface area contributed by atoms with Gasteiger partial charge in [0.25, 0.3) is 0 Å². The van der Waals surface area contributed by atoms with Gasteiger partial charge < -0.3 is 24.8 Å². The zero-order valence-electron chi connectivity index (χ0n) is 14.6. The van der Waals surface area contributed by atoms with Gasteiger partial charge in [0, 0.05) is 11.5 Å². The fraction of sp³-hybridized carbons (Fsp3) is 0.368. The van der Waals surface area contributed by atoms with E-state index in [4.69, 9.17) is 9.47 Å². The lowest BCUT2D eigenvalue weighted by Gasteiger charge is -2.24. The molecule has 0 aromatic heterocycles. The molecule has 2 aromatic carbocycles. The average Bonchev–Trinajstić information content (AvgIpc) is 2.51. The minimum absolute atomic E-state index is 0.0573. The van der Waals surface area contributed by atoms with Crippen molar-refractivity contribution in [1.29, 1.82) is 0 Å². The van der Waals surface area contributed by atoms with E-state index in [-0.39, 0.29) is 17.4 Å². The summed E-state index contributed by atoms with van der Waals surface area (Å²) < 4.78 is 10.7. The molecule has 130 valence electrons. The summed E-state index contributed by atoms with van der Waals surface area (Å²) in [5.41, 5.74) is 0.434. The third kappa shape index (κ3) is 3.26. The van der Waals surface area contributed by atoms with Crippen LogP contribution in [-0.2, 0) is 5.60 Å². The van der Waals surface area contributed by atoms with Gasteiger partial charge in [0.15, 0.2) is 0 Å². The molecule has 24 heavy (non-hydrogen) atoms. The molecule has 0 amide bonds. The zero-order chi connectivity index (χ0) is 18.1. The summed E-state index contributed by atoms with van der Waals surface area (Å²) in [5, 5.41) is 30.9. The largest absolute Gasteiger partial charge is 0.508 e. The van der Waals surface area contributed by atoms with E-state index >= 15 is 0 Å². The van der Waals surface area contributed by atoms with Crippen LogP contribution in [0.1, 0.15) is 43.4 Å². The lowest BCUT2D eigenvalue weighted by molar-refractivity contribution is 0.0727. The molecule has 2 rings (SSSR count). The molecule has 3 N–H and O–H groups in total. The molecular weight excluding hydrogens is 308 g/mol. The van der Waals surface area contributed by atoms with Gasteiger partial charge in [0.1, 0.15) is 23.0 Å². The van der Waals surface area contributed by atoms with Gasteiger partial charge in [0.2, 0.25) is 0 Å². The Morgan fingerprint density at radius 1 is 0.958 bits per heavy atom. The van der Waals surface area contributed by atoms with Gasteiger partial charge in [-0.1, -0.05) is 13.0 Å². The van der Waals surface area contributed by atoms with Crippen LogP contribution < -0.4 is 9.47 Å². The maximum absolute atomic E-state index is 10.4. The van der Waals surface area contributed by atoms with Gasteiger partial charge in [-0.15, -0.1) is 0 Å². The summed E-state index contributed by atoms with van der Waals surface area (Å²) in [7, 11) is 3.03. The Morgan fingerprint density at radius 3 is 2.12 bits per heavy atom. The highest BCUT2D eigenvalue weighted by atomic mass is 16.5. The fourth-order valence-electron chi connectivity index (χ4n) is 2.96. The molecule has 0 heterocycles. The van der Waals surface area contributed by atoms with Crippen LogP contribution in [0.3, 0.4) is 0 Å². The molecule has 1 unspecified atom stereocenters. The third-order valence-corrected chi connectivity index (χ3v) is 4.13. The van der Waals surface area contributed by atoms with Crippen molar-refractivity contribution in [3.05, 3.63) is 47.0 Å². The number of hydrogen-bond acceptors (Lipinski definition) is 5. The second kappa shape index (κ2) is 6.61. The summed E-state index contributed by atoms with van der Waals surface area (Å²) >= 11 is 0. The van der Waals surface area contributed by atoms with E-state index in [9.17, 15) is 15.3 Å². The molecule has 0 aliphatic heterocycles. The Bertz CT molecular complexity index is 731. The van der Waals surface area contributed by atoms with E-state index in [0.717, 1.165) is 5.56 Å². The smallest absolute Gasteiger partial charge is 0.128 e. The van der Waals surface area contributed by atoms with Crippen LogP contribution in [0.2, 0.25) is 0 Å². The first-order valence-corrected chi connectivity index (χ1v) is 7.70. The van der Waals surface area contributed by atoms with Crippen LogP contribution >= 0.6 is 0 Å². The van der Waals surface area contributed by atoms with Crippen molar-refractivity contribution in [2.75, 3.05) is 14.2 Å². The molecule has 0 fully saturated rings. The highest BCUT2D eigenvalue weighted by Crippen LogP contribution is 2.43. The number of benzene rings is 2. The van der Waals surface area contributed by atoms with Gasteiger partial charge in [0.05, 0.1) is 25.4 Å². The second-order valence-electron chi connectivity index (χ2n) is 6.29. The average molecular weight is 332 g/mol. The Kier molecular flexibility index (Phi) is 4.94. The second-order valence-corrected chi connectivity index (χ2v) is 6.29. The quantitative estimate of drug-likeness (QED) is 0.781. The van der Waals surface area contributed by atoms with Crippen LogP contribution in [0.4, 0.5) is 0 Å². The first kappa shape index (κ1) is 17.9. The van der Waals surface area contributed by atoms with Gasteiger partial charge in [-0.25, -0.2) is 0 Å². The number of methoxy groups -OCH3 is 2. The molecule has 0 bridgehead atoms. The number of aromatic hydroxyl groups is 2. The summed E-state index contributed by atoms with van der Waals surface area (Å²) in [6.45, 7) is 5.06. The van der Waals surface area contributed by atoms with Crippen molar-refractivity contribution >= 4 is 0 Å². The maximum atomic E-state index is 10.4. The molecule has 5 nitrogen and oxygen atoms in total. The summed E-state index contributed by atoms with van der Waals surface area (Å²) in [6.07, 6.45) is 0. The number of phenolic OH excluding ortho intramolecular Hbond substituents is 2. The molecule has 2 aromatic rings. The standard InChI is InChI=1S/C19H24O5/c1-11(17-13(20)7-6-8-15(17)23-4)12-9-14(21)18(19(2,3)22)16(10-12)24-5/h6-11,20-22H,1-5H3. The molecule has 0 spiro atoms. The van der Waals surface area contributed by atoms with Gasteiger partial charge in [-0.05, 0) is 43.7 Å². The van der Waals surface area contributed by atoms with Crippen molar-refractivity contribution in [1.82, 2.24) is 0 Å². The van der Waals surface area contributed by atoms with Crippen LogP contribution in [-0.4, -0.2) is 29.5 Å². The predicted molar refractivity (Wildman–Crippen MR) is 92.1 cm³/mol. The molecule has 5 heteroatoms. The maximum Gasteiger partial charge on any atom is 0.128 e. The Balaban J connectivity index is 2.60. The van der Waals surface area contributed by atoms with E-state index < -0.39 is 5.60 Å². The number of rotatable bonds is 5. The van der Waals surface area contributed by atoms with Crippen molar-refractivity contribution < 1.29 is 24.8 Å². The zero-order valence-corrected chi connectivity index (χ0v) is 14.6. The highest BCUT2D eigenvalue weighted by Gasteiger charge is 2.27. The summed E-state index contributed by atoms with van der Waals surface area (Å²) in [5.74, 6) is 0.757. The van der Waals surface area contributed by atoms with E-state index in [2.05, 4.69) is 0 Å². The molecule has 0 saturated carbocycles. The number of hydrogen-bond donors (Lipinski definition) is 3. The monoisotopic (exact) mass is 332 g/mol. The molecule has 1 atom stereocenters. The lowest BCUT2D eigenvalue weighted by atomic mass is 9.88. The Hall–Kier alpha value is -2.40. The molecule has 0 saturated heterocycles. The number of phenols is 2. The van der Waals surface area contributed by atoms with Crippen LogP contribution in [0.15, 0.2) is 30.3 Å². The molecular formula is C19H24O5. The van der Waals surface area contributed by atoms with Crippen molar-refractivity contribution in [2.45, 2.75) is 32.3 Å². The Morgan fingerprint density at radius 2 is 1.58 bits per heavy atom. The Labute approximate surface area is 142 Å². The van der Waals surface area contributed by atoms with E-state index in [0.29, 0.717) is 22.6 Å². The van der Waals surface area contributed by atoms with Crippen molar-refractivity contribution in [3.63, 3.8) is 0 Å². The highest BCUT2D eigenvalue weighted by molar-refractivity contribution is 5.55. The number of aliphatic hydroxyl groups is 1. The van der Waals surface area contributed by atoms with E-state index in [1.54, 1.807) is 51.3 Å². The fourth-order valence-corrected chi connectivity index (χ4v) is 2.96. The van der Waals surface area contributed by atoms with Crippen molar-refractivity contribution in [2.24, 2.45) is 0 Å². The summed E-state index contributed by atoms with van der Waals surface area (Å²) in [6, 6.07) is 8.40. The van der Waals surface area contributed by atoms with Crippen LogP contribution in [0.5, 0.6) is 23.0 Å². The van der Waals surface area contributed by atoms with E-state index in [1.807, 2.05) is 6.92 Å². The van der Waals surface area contributed by atoms with Crippen molar-refractivity contribution in [3.8, 4) is 23.0 Å². The molecule has 0 aliphatic carbocycles. The van der Waals surface area contributed by atoms with E-state index in [1.165, 1.54) is 7.11 Å². The minimum Gasteiger partial charge on any atom is -0.508 e. The predicted octanol–water partition coefficient (Wildman–Crippen LogP) is 3.49. The van der Waals surface area contributed by atoms with Gasteiger partial charge in [-0.2, -0.15) is 0 Å². The third-order valence-electron chi connectivity index (χ3n) is 4.13. The first-order chi connectivity index (χ1) is 11.2. The van der Waals surface area contributed by atoms with Gasteiger partial charge >= 0.3 is 0 Å². The lowest BCUT2D eigenvalue weighted by Crippen LogP contribution is -2.17. The first-order valence-electron chi connectivity index (χ1n) is 7.70. The molecule has 0 aliphatic rings. The molecule has 0 radical (unpaired) electrons. The van der Waals surface area contributed by atoms with Gasteiger partial charge in [-0.3, -0.25) is 0 Å².